The highest BCUT2D eigenvalue weighted by molar-refractivity contribution is 5.88. The van der Waals surface area contributed by atoms with Gasteiger partial charge < -0.3 is 19.5 Å². The summed E-state index contributed by atoms with van der Waals surface area (Å²) in [5.74, 6) is 1.14. The quantitative estimate of drug-likeness (QED) is 0.932. The number of carbonyl (C=O) groups is 1. The summed E-state index contributed by atoms with van der Waals surface area (Å²) in [4.78, 5) is 19.0. The van der Waals surface area contributed by atoms with Gasteiger partial charge in [0.05, 0.1) is 6.61 Å². The highest BCUT2D eigenvalue weighted by Gasteiger charge is 2.39. The number of aromatic amines is 1. The van der Waals surface area contributed by atoms with Crippen LogP contribution in [0.15, 0.2) is 24.4 Å². The molecule has 1 saturated heterocycles. The maximum atomic E-state index is 11.6. The van der Waals surface area contributed by atoms with Crippen LogP contribution in [-0.2, 0) is 11.2 Å². The number of nitrogens with one attached hydrogen (secondary N) is 1. The molecule has 0 spiro atoms. The summed E-state index contributed by atoms with van der Waals surface area (Å²) in [6.45, 7) is 1.59. The number of H-pyrrole nitrogens is 1. The highest BCUT2D eigenvalue weighted by Crippen LogP contribution is 2.44. The number of amides is 1. The number of likely N-dealkylation sites (tertiary alicyclic amines) is 1. The van der Waals surface area contributed by atoms with Gasteiger partial charge in [-0.25, -0.2) is 4.79 Å². The Balaban J connectivity index is 1.50. The van der Waals surface area contributed by atoms with E-state index in [0.717, 1.165) is 19.4 Å². The maximum Gasteiger partial charge on any atom is 0.409 e. The van der Waals surface area contributed by atoms with Gasteiger partial charge in [0, 0.05) is 49.7 Å². The summed E-state index contributed by atoms with van der Waals surface area (Å²) in [7, 11) is 5.68. The zero-order chi connectivity index (χ0) is 17.6. The van der Waals surface area contributed by atoms with Crippen LogP contribution in [0.2, 0.25) is 0 Å². The largest absolute Gasteiger partial charge is 0.449 e. The molecule has 3 atom stereocenters. The molecular formula is C20H27N3O2. The molecule has 5 nitrogen and oxygen atoms in total. The molecule has 0 saturated carbocycles. The molecule has 5 heteroatoms. The summed E-state index contributed by atoms with van der Waals surface area (Å²) in [6.07, 6.45) is 5.17. The maximum absolute atomic E-state index is 11.6. The second-order valence-corrected chi connectivity index (χ2v) is 7.80. The average Bonchev–Trinajstić information content (AvgIpc) is 3.00. The van der Waals surface area contributed by atoms with Gasteiger partial charge in [-0.1, -0.05) is 12.1 Å². The van der Waals surface area contributed by atoms with Crippen molar-refractivity contribution in [2.24, 2.45) is 5.92 Å². The Bertz CT molecular complexity index is 782. The second-order valence-electron chi connectivity index (χ2n) is 7.80. The van der Waals surface area contributed by atoms with Crippen molar-refractivity contribution in [3.05, 3.63) is 35.5 Å². The molecular weight excluding hydrogens is 314 g/mol. The van der Waals surface area contributed by atoms with Gasteiger partial charge in [-0.2, -0.15) is 0 Å². The zero-order valence-corrected chi connectivity index (χ0v) is 15.3. The standard InChI is InChI=1S/C20H27N3O2/c1-22(2)20(24)25-8-7-13-9-16-15-5-4-6-17-19(15)14(11-21-17)10-18(16)23(3)12-13/h4-6,11,13,16,18,21H,7-10,12H2,1-3H3/t13?,16-,18-/m1/s1. The Morgan fingerprint density at radius 2 is 2.24 bits per heavy atom. The number of likely N-dealkylation sites (N-methyl/N-ethyl adjacent to an activating group) is 1. The molecule has 4 rings (SSSR count). The number of aromatic nitrogens is 1. The number of piperidine rings is 1. The number of nitrogens with zero attached hydrogens (tertiary/aromatic N) is 2. The van der Waals surface area contributed by atoms with E-state index in [1.54, 1.807) is 14.1 Å². The van der Waals surface area contributed by atoms with Gasteiger partial charge >= 0.3 is 6.09 Å². The predicted octanol–water partition coefficient (Wildman–Crippen LogP) is 3.22. The minimum absolute atomic E-state index is 0.249. The third-order valence-electron chi connectivity index (χ3n) is 5.93. The van der Waals surface area contributed by atoms with Crippen LogP contribution in [0, 0.1) is 5.92 Å². The molecule has 1 aromatic heterocycles. The minimum Gasteiger partial charge on any atom is -0.449 e. The third kappa shape index (κ3) is 2.91. The molecule has 1 fully saturated rings. The lowest BCUT2D eigenvalue weighted by Gasteiger charge is -2.45. The SMILES string of the molecule is CN(C)C(=O)OCCC1C[C@@H]2c3cccc4[nH]cc(c34)C[C@H]2N(C)C1. The molecule has 1 aromatic carbocycles. The first kappa shape index (κ1) is 16.5. The van der Waals surface area contributed by atoms with Crippen LogP contribution in [0.4, 0.5) is 4.79 Å². The van der Waals surface area contributed by atoms with Gasteiger partial charge in [-0.05, 0) is 49.4 Å². The topological polar surface area (TPSA) is 48.6 Å². The molecule has 134 valence electrons. The van der Waals surface area contributed by atoms with Gasteiger partial charge in [-0.3, -0.25) is 0 Å². The number of carbonyl (C=O) groups excluding carboxylic acids is 1. The highest BCUT2D eigenvalue weighted by atomic mass is 16.6. The van der Waals surface area contributed by atoms with E-state index in [-0.39, 0.29) is 6.09 Å². The third-order valence-corrected chi connectivity index (χ3v) is 5.93. The minimum atomic E-state index is -0.249. The van der Waals surface area contributed by atoms with Gasteiger partial charge in [-0.15, -0.1) is 0 Å². The molecule has 2 aromatic rings. The number of hydrogen-bond acceptors (Lipinski definition) is 3. The van der Waals surface area contributed by atoms with Crippen molar-refractivity contribution in [1.82, 2.24) is 14.8 Å². The molecule has 0 radical (unpaired) electrons. The van der Waals surface area contributed by atoms with Crippen LogP contribution in [0.5, 0.6) is 0 Å². The average molecular weight is 341 g/mol. The summed E-state index contributed by atoms with van der Waals surface area (Å²) in [5.41, 5.74) is 4.21. The van der Waals surface area contributed by atoms with Crippen LogP contribution in [-0.4, -0.2) is 61.2 Å². The summed E-state index contributed by atoms with van der Waals surface area (Å²) in [6, 6.07) is 7.23. The zero-order valence-electron chi connectivity index (χ0n) is 15.3. The first-order chi connectivity index (χ1) is 12.0. The summed E-state index contributed by atoms with van der Waals surface area (Å²) >= 11 is 0. The number of rotatable bonds is 3. The fourth-order valence-electron chi connectivity index (χ4n) is 4.71. The van der Waals surface area contributed by atoms with Crippen molar-refractivity contribution >= 4 is 17.0 Å². The van der Waals surface area contributed by atoms with E-state index in [4.69, 9.17) is 4.74 Å². The van der Waals surface area contributed by atoms with Crippen molar-refractivity contribution in [1.29, 1.82) is 0 Å². The van der Waals surface area contributed by atoms with Gasteiger partial charge in [0.25, 0.3) is 0 Å². The lowest BCUT2D eigenvalue weighted by Crippen LogP contribution is -2.48. The van der Waals surface area contributed by atoms with Crippen molar-refractivity contribution in [3.8, 4) is 0 Å². The molecule has 2 heterocycles. The number of benzene rings is 1. The lowest BCUT2D eigenvalue weighted by atomic mass is 9.72. The van der Waals surface area contributed by atoms with Crippen molar-refractivity contribution in [2.45, 2.75) is 31.2 Å². The molecule has 1 unspecified atom stereocenters. The Morgan fingerprint density at radius 1 is 1.40 bits per heavy atom. The molecule has 0 bridgehead atoms. The van der Waals surface area contributed by atoms with Crippen molar-refractivity contribution in [3.63, 3.8) is 0 Å². The van der Waals surface area contributed by atoms with E-state index < -0.39 is 0 Å². The Hall–Kier alpha value is -2.01. The first-order valence-corrected chi connectivity index (χ1v) is 9.17. The van der Waals surface area contributed by atoms with E-state index in [1.165, 1.54) is 33.4 Å². The fourth-order valence-corrected chi connectivity index (χ4v) is 4.71. The second kappa shape index (κ2) is 6.37. The van der Waals surface area contributed by atoms with Crippen LogP contribution in [0.1, 0.15) is 29.9 Å². The number of fused-ring (bicyclic) bond motifs is 2. The molecule has 1 aliphatic heterocycles. The van der Waals surface area contributed by atoms with Gasteiger partial charge in [0.1, 0.15) is 0 Å². The number of hydrogen-bond donors (Lipinski definition) is 1. The Kier molecular flexibility index (Phi) is 4.20. The fraction of sp³-hybridized carbons (Fsp3) is 0.550. The van der Waals surface area contributed by atoms with Gasteiger partial charge in [0.2, 0.25) is 0 Å². The van der Waals surface area contributed by atoms with E-state index in [0.29, 0.717) is 24.5 Å². The molecule has 1 aliphatic carbocycles. The molecule has 1 N–H and O–H groups in total. The van der Waals surface area contributed by atoms with E-state index in [2.05, 4.69) is 41.3 Å². The van der Waals surface area contributed by atoms with E-state index >= 15 is 0 Å². The van der Waals surface area contributed by atoms with Crippen LogP contribution >= 0.6 is 0 Å². The normalized spacial score (nSPS) is 25.6. The number of ether oxygens (including phenoxy) is 1. The summed E-state index contributed by atoms with van der Waals surface area (Å²) < 4.78 is 5.34. The van der Waals surface area contributed by atoms with Crippen LogP contribution in [0.3, 0.4) is 0 Å². The van der Waals surface area contributed by atoms with Crippen molar-refractivity contribution in [2.75, 3.05) is 34.3 Å². The van der Waals surface area contributed by atoms with Crippen molar-refractivity contribution < 1.29 is 9.53 Å². The van der Waals surface area contributed by atoms with E-state index in [1.807, 2.05) is 0 Å². The monoisotopic (exact) mass is 341 g/mol. The van der Waals surface area contributed by atoms with Crippen LogP contribution in [0.25, 0.3) is 10.9 Å². The Morgan fingerprint density at radius 3 is 3.04 bits per heavy atom. The Labute approximate surface area is 148 Å². The first-order valence-electron chi connectivity index (χ1n) is 9.17. The van der Waals surface area contributed by atoms with Gasteiger partial charge in [0.15, 0.2) is 0 Å². The van der Waals surface area contributed by atoms with E-state index in [9.17, 15) is 4.79 Å². The molecule has 25 heavy (non-hydrogen) atoms. The lowest BCUT2D eigenvalue weighted by molar-refractivity contribution is 0.0795. The molecule has 1 amide bonds. The summed E-state index contributed by atoms with van der Waals surface area (Å²) in [5, 5.41) is 1.44. The smallest absolute Gasteiger partial charge is 0.409 e. The van der Waals surface area contributed by atoms with Crippen LogP contribution < -0.4 is 0 Å². The molecule has 2 aliphatic rings. The predicted molar refractivity (Wildman–Crippen MR) is 98.9 cm³/mol.